The summed E-state index contributed by atoms with van der Waals surface area (Å²) in [6.07, 6.45) is 2.42. The van der Waals surface area contributed by atoms with Gasteiger partial charge in [0.2, 0.25) is 0 Å². The summed E-state index contributed by atoms with van der Waals surface area (Å²) >= 11 is 0. The molecule has 0 aliphatic carbocycles. The molecule has 1 aromatic rings. The Morgan fingerprint density at radius 1 is 1.45 bits per heavy atom. The number of hydrogen-bond acceptors (Lipinski definition) is 2. The fraction of sp³-hybridized carbons (Fsp3) is 0.667. The molecule has 0 spiro atoms. The lowest BCUT2D eigenvalue weighted by Gasteiger charge is -2.37. The Morgan fingerprint density at radius 3 is 2.75 bits per heavy atom. The molecule has 112 valence electrons. The molecule has 1 aliphatic heterocycles. The molecule has 0 radical (unpaired) electrons. The van der Waals surface area contributed by atoms with Crippen LogP contribution in [0.3, 0.4) is 0 Å². The van der Waals surface area contributed by atoms with E-state index in [9.17, 15) is 13.6 Å². The van der Waals surface area contributed by atoms with Gasteiger partial charge in [0, 0.05) is 18.3 Å². The number of pyridine rings is 1. The van der Waals surface area contributed by atoms with Gasteiger partial charge in [-0.05, 0) is 31.9 Å². The van der Waals surface area contributed by atoms with Crippen molar-refractivity contribution in [2.45, 2.75) is 38.7 Å². The molecule has 0 bridgehead atoms. The number of nitrogens with zero attached hydrogens (tertiary/aromatic N) is 2. The van der Waals surface area contributed by atoms with Crippen molar-refractivity contribution in [2.75, 3.05) is 20.1 Å². The Labute approximate surface area is 118 Å². The van der Waals surface area contributed by atoms with Crippen LogP contribution in [0.4, 0.5) is 8.78 Å². The normalized spacial score (nSPS) is 23.2. The first-order valence-electron chi connectivity index (χ1n) is 7.07. The van der Waals surface area contributed by atoms with Crippen molar-refractivity contribution in [3.8, 4) is 0 Å². The van der Waals surface area contributed by atoms with E-state index in [0.29, 0.717) is 30.9 Å². The van der Waals surface area contributed by atoms with Crippen molar-refractivity contribution in [3.05, 3.63) is 34.2 Å². The van der Waals surface area contributed by atoms with Gasteiger partial charge in [-0.2, -0.15) is 0 Å². The van der Waals surface area contributed by atoms with Gasteiger partial charge in [-0.3, -0.25) is 4.79 Å². The molecule has 0 aromatic carbocycles. The monoisotopic (exact) mass is 284 g/mol. The summed E-state index contributed by atoms with van der Waals surface area (Å²) < 4.78 is 29.6. The van der Waals surface area contributed by atoms with Crippen LogP contribution in [0.1, 0.15) is 31.9 Å². The van der Waals surface area contributed by atoms with Crippen molar-refractivity contribution in [2.24, 2.45) is 5.92 Å². The number of piperidine rings is 1. The molecule has 0 N–H and O–H groups in total. The van der Waals surface area contributed by atoms with Crippen LogP contribution in [0, 0.1) is 5.92 Å². The van der Waals surface area contributed by atoms with E-state index in [-0.39, 0.29) is 12.1 Å². The van der Waals surface area contributed by atoms with Crippen LogP contribution in [-0.4, -0.2) is 35.5 Å². The van der Waals surface area contributed by atoms with Crippen molar-refractivity contribution < 1.29 is 8.78 Å². The summed E-state index contributed by atoms with van der Waals surface area (Å²) in [6, 6.07) is 2.41. The first-order valence-corrected chi connectivity index (χ1v) is 7.07. The van der Waals surface area contributed by atoms with Crippen LogP contribution in [0.5, 0.6) is 0 Å². The molecule has 5 heteroatoms. The van der Waals surface area contributed by atoms with E-state index < -0.39 is 12.0 Å². The maximum atomic E-state index is 14.2. The number of alkyl halides is 2. The van der Waals surface area contributed by atoms with Gasteiger partial charge in [-0.15, -0.1) is 0 Å². The molecule has 1 fully saturated rings. The SMILES string of the molecule is CC(C)Cc1cccn([C@H]2CCN(C)CC2(F)F)c1=O. The molecular weight excluding hydrogens is 262 g/mol. The van der Waals surface area contributed by atoms with Crippen molar-refractivity contribution in [1.29, 1.82) is 0 Å². The molecule has 2 rings (SSSR count). The number of likely N-dealkylation sites (tertiary alicyclic amines) is 1. The largest absolute Gasteiger partial charge is 0.306 e. The predicted molar refractivity (Wildman–Crippen MR) is 75.3 cm³/mol. The lowest BCUT2D eigenvalue weighted by molar-refractivity contribution is -0.0989. The summed E-state index contributed by atoms with van der Waals surface area (Å²) in [4.78, 5) is 14.0. The molecule has 1 aliphatic rings. The Kier molecular flexibility index (Phi) is 4.28. The number of aromatic nitrogens is 1. The molecular formula is C15H22F2N2O. The van der Waals surface area contributed by atoms with Crippen LogP contribution < -0.4 is 5.56 Å². The first-order chi connectivity index (χ1) is 9.31. The summed E-state index contributed by atoms with van der Waals surface area (Å²) in [5, 5.41) is 0. The highest BCUT2D eigenvalue weighted by Crippen LogP contribution is 2.35. The van der Waals surface area contributed by atoms with Gasteiger partial charge in [-0.25, -0.2) is 8.78 Å². The summed E-state index contributed by atoms with van der Waals surface area (Å²) in [5.74, 6) is -2.54. The van der Waals surface area contributed by atoms with Crippen molar-refractivity contribution in [3.63, 3.8) is 0 Å². The molecule has 1 atom stereocenters. The van der Waals surface area contributed by atoms with Gasteiger partial charge >= 0.3 is 0 Å². The van der Waals surface area contributed by atoms with Gasteiger partial charge in [-0.1, -0.05) is 19.9 Å². The van der Waals surface area contributed by atoms with Crippen LogP contribution in [0.2, 0.25) is 0 Å². The third-order valence-electron chi connectivity index (χ3n) is 3.77. The molecule has 3 nitrogen and oxygen atoms in total. The van der Waals surface area contributed by atoms with E-state index in [1.54, 1.807) is 24.1 Å². The minimum absolute atomic E-state index is 0.268. The Bertz CT molecular complexity index is 525. The number of rotatable bonds is 3. The maximum Gasteiger partial charge on any atom is 0.280 e. The van der Waals surface area contributed by atoms with E-state index in [0.717, 1.165) is 0 Å². The zero-order valence-electron chi connectivity index (χ0n) is 12.3. The Morgan fingerprint density at radius 2 is 2.15 bits per heavy atom. The lowest BCUT2D eigenvalue weighted by Crippen LogP contribution is -2.49. The second kappa shape index (κ2) is 5.64. The van der Waals surface area contributed by atoms with Crippen LogP contribution in [0.15, 0.2) is 23.1 Å². The quantitative estimate of drug-likeness (QED) is 0.852. The smallest absolute Gasteiger partial charge is 0.280 e. The molecule has 2 heterocycles. The molecule has 1 aromatic heterocycles. The Balaban J connectivity index is 2.35. The zero-order chi connectivity index (χ0) is 14.9. The van der Waals surface area contributed by atoms with Crippen LogP contribution in [0.25, 0.3) is 0 Å². The lowest BCUT2D eigenvalue weighted by atomic mass is 9.99. The van der Waals surface area contributed by atoms with E-state index in [1.807, 2.05) is 13.8 Å². The maximum absolute atomic E-state index is 14.2. The minimum Gasteiger partial charge on any atom is -0.306 e. The molecule has 0 saturated carbocycles. The molecule has 20 heavy (non-hydrogen) atoms. The molecule has 0 unspecified atom stereocenters. The average molecular weight is 284 g/mol. The number of hydrogen-bond donors (Lipinski definition) is 0. The summed E-state index contributed by atoms with van der Waals surface area (Å²) in [5.41, 5.74) is 0.354. The van der Waals surface area contributed by atoms with Gasteiger partial charge < -0.3 is 9.47 Å². The summed E-state index contributed by atoms with van der Waals surface area (Å²) in [7, 11) is 1.68. The fourth-order valence-corrected chi connectivity index (χ4v) is 2.84. The second-order valence-corrected chi connectivity index (χ2v) is 6.15. The zero-order valence-corrected chi connectivity index (χ0v) is 12.3. The van der Waals surface area contributed by atoms with Crippen molar-refractivity contribution >= 4 is 0 Å². The fourth-order valence-electron chi connectivity index (χ4n) is 2.84. The third-order valence-corrected chi connectivity index (χ3v) is 3.77. The van der Waals surface area contributed by atoms with Crippen LogP contribution in [-0.2, 0) is 6.42 Å². The molecule has 1 saturated heterocycles. The minimum atomic E-state index is -2.87. The highest BCUT2D eigenvalue weighted by molar-refractivity contribution is 5.12. The van der Waals surface area contributed by atoms with Gasteiger partial charge in [0.05, 0.1) is 6.54 Å². The van der Waals surface area contributed by atoms with E-state index in [2.05, 4.69) is 0 Å². The Hall–Kier alpha value is -1.23. The second-order valence-electron chi connectivity index (χ2n) is 6.15. The number of halogens is 2. The van der Waals surface area contributed by atoms with E-state index in [4.69, 9.17) is 0 Å². The van der Waals surface area contributed by atoms with Gasteiger partial charge in [0.1, 0.15) is 6.04 Å². The first kappa shape index (κ1) is 15.2. The van der Waals surface area contributed by atoms with E-state index >= 15 is 0 Å². The van der Waals surface area contributed by atoms with Gasteiger partial charge in [0.25, 0.3) is 11.5 Å². The average Bonchev–Trinajstić information content (AvgIpc) is 2.31. The standard InChI is InChI=1S/C15H22F2N2O/c1-11(2)9-12-5-4-7-19(14(12)20)13-6-8-18(3)10-15(13,16)17/h4-5,7,11,13H,6,8-10H2,1-3H3/t13-/m0/s1. The third kappa shape index (κ3) is 3.08. The van der Waals surface area contributed by atoms with Crippen molar-refractivity contribution in [1.82, 2.24) is 9.47 Å². The van der Waals surface area contributed by atoms with Crippen LogP contribution >= 0.6 is 0 Å². The highest BCUT2D eigenvalue weighted by Gasteiger charge is 2.45. The summed E-state index contributed by atoms with van der Waals surface area (Å²) in [6.45, 7) is 4.32. The molecule has 0 amide bonds. The van der Waals surface area contributed by atoms with Gasteiger partial charge in [0.15, 0.2) is 0 Å². The highest BCUT2D eigenvalue weighted by atomic mass is 19.3. The van der Waals surface area contributed by atoms with E-state index in [1.165, 1.54) is 10.8 Å². The predicted octanol–water partition coefficient (Wildman–Crippen LogP) is 2.56. The topological polar surface area (TPSA) is 25.2 Å².